The lowest BCUT2D eigenvalue weighted by molar-refractivity contribution is 0.416. The van der Waals surface area contributed by atoms with Gasteiger partial charge in [0.2, 0.25) is 0 Å². The molecule has 2 aliphatic carbocycles. The van der Waals surface area contributed by atoms with Crippen LogP contribution in [0.5, 0.6) is 0 Å². The molecule has 0 aromatic heterocycles. The van der Waals surface area contributed by atoms with Crippen molar-refractivity contribution in [1.82, 2.24) is 5.32 Å². The molecule has 102 valence electrons. The van der Waals surface area contributed by atoms with E-state index in [0.717, 1.165) is 42.5 Å². The van der Waals surface area contributed by atoms with Crippen LogP contribution in [0.3, 0.4) is 0 Å². The number of hydrogen-bond acceptors (Lipinski definition) is 1. The third-order valence-corrected chi connectivity index (χ3v) is 4.34. The predicted molar refractivity (Wildman–Crippen MR) is 71.8 cm³/mol. The Hall–Kier alpha value is -1.22. The fourth-order valence-electron chi connectivity index (χ4n) is 3.40. The van der Waals surface area contributed by atoms with Crippen LogP contribution in [0.15, 0.2) is 30.4 Å². The number of benzene rings is 1. The summed E-state index contributed by atoms with van der Waals surface area (Å²) in [5.41, 5.74) is 0.720. The van der Waals surface area contributed by atoms with Crippen molar-refractivity contribution in [3.8, 4) is 0 Å². The first kappa shape index (κ1) is 12.8. The number of fused-ring (bicyclic) bond motifs is 2. The van der Waals surface area contributed by atoms with Crippen LogP contribution in [0.2, 0.25) is 0 Å². The predicted octanol–water partition coefficient (Wildman–Crippen LogP) is 3.31. The van der Waals surface area contributed by atoms with Gasteiger partial charge in [-0.1, -0.05) is 12.2 Å². The molecule has 1 aromatic rings. The van der Waals surface area contributed by atoms with Gasteiger partial charge in [0.25, 0.3) is 0 Å². The van der Waals surface area contributed by atoms with Gasteiger partial charge in [0.15, 0.2) is 0 Å². The summed E-state index contributed by atoms with van der Waals surface area (Å²) in [5, 5.41) is 3.42. The Bertz CT molecular complexity index is 463. The van der Waals surface area contributed by atoms with Crippen LogP contribution in [0.4, 0.5) is 8.78 Å². The van der Waals surface area contributed by atoms with Crippen LogP contribution < -0.4 is 5.32 Å². The van der Waals surface area contributed by atoms with Crippen LogP contribution in [-0.2, 0) is 6.42 Å². The first-order valence-electron chi connectivity index (χ1n) is 7.05. The molecule has 1 saturated carbocycles. The van der Waals surface area contributed by atoms with Crippen molar-refractivity contribution >= 4 is 0 Å². The van der Waals surface area contributed by atoms with Crippen molar-refractivity contribution in [2.45, 2.75) is 19.3 Å². The third kappa shape index (κ3) is 3.03. The normalized spacial score (nSPS) is 28.2. The number of nitrogens with one attached hydrogen (secondary N) is 1. The van der Waals surface area contributed by atoms with Crippen LogP contribution in [0.1, 0.15) is 18.4 Å². The summed E-state index contributed by atoms with van der Waals surface area (Å²) in [5.74, 6) is 1.32. The average Bonchev–Trinajstić information content (AvgIpc) is 2.95. The van der Waals surface area contributed by atoms with Gasteiger partial charge in [0.1, 0.15) is 11.6 Å². The molecule has 1 fully saturated rings. The van der Waals surface area contributed by atoms with Crippen LogP contribution >= 0.6 is 0 Å². The Kier molecular flexibility index (Phi) is 3.65. The highest BCUT2D eigenvalue weighted by Crippen LogP contribution is 2.42. The smallest absolute Gasteiger partial charge is 0.126 e. The van der Waals surface area contributed by atoms with Crippen molar-refractivity contribution in [2.75, 3.05) is 13.1 Å². The van der Waals surface area contributed by atoms with E-state index in [2.05, 4.69) is 17.5 Å². The molecule has 0 spiro atoms. The maximum absolute atomic E-state index is 13.0. The van der Waals surface area contributed by atoms with Crippen molar-refractivity contribution in [3.63, 3.8) is 0 Å². The van der Waals surface area contributed by atoms with E-state index < -0.39 is 11.6 Å². The topological polar surface area (TPSA) is 12.0 Å². The first-order valence-corrected chi connectivity index (χ1v) is 7.05. The van der Waals surface area contributed by atoms with Gasteiger partial charge in [-0.3, -0.25) is 0 Å². The highest BCUT2D eigenvalue weighted by atomic mass is 19.1. The number of allylic oxidation sites excluding steroid dienone is 2. The lowest BCUT2D eigenvalue weighted by Gasteiger charge is -2.18. The molecule has 3 heteroatoms. The van der Waals surface area contributed by atoms with E-state index in [1.165, 1.54) is 25.0 Å². The summed E-state index contributed by atoms with van der Waals surface area (Å²) in [7, 11) is 0. The molecule has 1 aromatic carbocycles. The maximum atomic E-state index is 13.0. The zero-order chi connectivity index (χ0) is 13.2. The van der Waals surface area contributed by atoms with Gasteiger partial charge in [-0.05, 0) is 67.8 Å². The molecule has 0 amide bonds. The van der Waals surface area contributed by atoms with E-state index in [0.29, 0.717) is 6.42 Å². The Morgan fingerprint density at radius 3 is 2.47 bits per heavy atom. The SMILES string of the molecule is Fc1cc(F)cc(CCNCC2CC3C=CC2C3)c1. The van der Waals surface area contributed by atoms with Crippen LogP contribution in [0, 0.1) is 29.4 Å². The van der Waals surface area contributed by atoms with Gasteiger partial charge in [-0.25, -0.2) is 8.78 Å². The molecule has 3 atom stereocenters. The summed E-state index contributed by atoms with van der Waals surface area (Å²) in [4.78, 5) is 0. The molecular formula is C16H19F2N. The molecule has 19 heavy (non-hydrogen) atoms. The van der Waals surface area contributed by atoms with E-state index in [4.69, 9.17) is 0 Å². The zero-order valence-electron chi connectivity index (χ0n) is 10.9. The molecule has 0 aliphatic heterocycles. The first-order chi connectivity index (χ1) is 9.20. The van der Waals surface area contributed by atoms with Gasteiger partial charge >= 0.3 is 0 Å². The summed E-state index contributed by atoms with van der Waals surface area (Å²) >= 11 is 0. The van der Waals surface area contributed by atoms with Crippen molar-refractivity contribution < 1.29 is 8.78 Å². The van der Waals surface area contributed by atoms with Gasteiger partial charge in [0, 0.05) is 6.07 Å². The van der Waals surface area contributed by atoms with Crippen molar-refractivity contribution in [2.24, 2.45) is 17.8 Å². The molecule has 2 aliphatic rings. The minimum absolute atomic E-state index is 0.492. The molecule has 1 nitrogen and oxygen atoms in total. The van der Waals surface area contributed by atoms with E-state index >= 15 is 0 Å². The van der Waals surface area contributed by atoms with E-state index in [1.54, 1.807) is 0 Å². The summed E-state index contributed by atoms with van der Waals surface area (Å²) in [6.45, 7) is 1.80. The molecule has 0 heterocycles. The third-order valence-electron chi connectivity index (χ3n) is 4.34. The second-order valence-corrected chi connectivity index (χ2v) is 5.77. The quantitative estimate of drug-likeness (QED) is 0.635. The number of hydrogen-bond donors (Lipinski definition) is 1. The zero-order valence-corrected chi connectivity index (χ0v) is 10.9. The second kappa shape index (κ2) is 5.41. The fourth-order valence-corrected chi connectivity index (χ4v) is 3.40. The largest absolute Gasteiger partial charge is 0.316 e. The molecule has 0 radical (unpaired) electrons. The minimum Gasteiger partial charge on any atom is -0.316 e. The molecule has 1 N–H and O–H groups in total. The van der Waals surface area contributed by atoms with Gasteiger partial charge in [-0.15, -0.1) is 0 Å². The van der Waals surface area contributed by atoms with Gasteiger partial charge < -0.3 is 5.32 Å². The van der Waals surface area contributed by atoms with Gasteiger partial charge in [-0.2, -0.15) is 0 Å². The maximum Gasteiger partial charge on any atom is 0.126 e. The Labute approximate surface area is 112 Å². The van der Waals surface area contributed by atoms with Crippen LogP contribution in [0.25, 0.3) is 0 Å². The van der Waals surface area contributed by atoms with E-state index in [-0.39, 0.29) is 0 Å². The van der Waals surface area contributed by atoms with Crippen molar-refractivity contribution in [3.05, 3.63) is 47.5 Å². The molecule has 0 saturated heterocycles. The second-order valence-electron chi connectivity index (χ2n) is 5.77. The van der Waals surface area contributed by atoms with Crippen molar-refractivity contribution in [1.29, 1.82) is 0 Å². The Morgan fingerprint density at radius 2 is 1.84 bits per heavy atom. The highest BCUT2D eigenvalue weighted by Gasteiger charge is 2.34. The molecule has 2 bridgehead atoms. The summed E-state index contributed by atoms with van der Waals surface area (Å²) < 4.78 is 26.0. The molecule has 3 unspecified atom stereocenters. The fraction of sp³-hybridized carbons (Fsp3) is 0.500. The lowest BCUT2D eigenvalue weighted by Crippen LogP contribution is -2.27. The lowest BCUT2D eigenvalue weighted by atomic mass is 9.93. The van der Waals surface area contributed by atoms with Gasteiger partial charge in [0.05, 0.1) is 0 Å². The van der Waals surface area contributed by atoms with E-state index in [1.807, 2.05) is 0 Å². The monoisotopic (exact) mass is 263 g/mol. The number of rotatable bonds is 5. The standard InChI is InChI=1S/C16H19F2N/c17-15-7-12(8-16(18)9-15)3-4-19-10-14-6-11-1-2-13(14)5-11/h1-2,7-9,11,13-14,19H,3-6,10H2. The average molecular weight is 263 g/mol. The highest BCUT2D eigenvalue weighted by molar-refractivity contribution is 5.18. The van der Waals surface area contributed by atoms with E-state index in [9.17, 15) is 8.78 Å². The summed E-state index contributed by atoms with van der Waals surface area (Å²) in [6.07, 6.45) is 7.98. The number of halogens is 2. The molecular weight excluding hydrogens is 244 g/mol. The van der Waals surface area contributed by atoms with Crippen LogP contribution in [-0.4, -0.2) is 13.1 Å². The summed E-state index contributed by atoms with van der Waals surface area (Å²) in [6, 6.07) is 3.73. The Morgan fingerprint density at radius 1 is 1.05 bits per heavy atom. The Balaban J connectivity index is 1.42. The molecule has 3 rings (SSSR count). The minimum atomic E-state index is -0.492.